The van der Waals surface area contributed by atoms with E-state index in [4.69, 9.17) is 11.6 Å². The molecule has 3 heterocycles. The minimum Gasteiger partial charge on any atom is -0.353 e. The first-order chi connectivity index (χ1) is 10.7. The van der Waals surface area contributed by atoms with Crippen molar-refractivity contribution in [1.29, 1.82) is 0 Å². The van der Waals surface area contributed by atoms with Crippen molar-refractivity contribution in [2.45, 2.75) is 20.3 Å². The Labute approximate surface area is 135 Å². The van der Waals surface area contributed by atoms with E-state index in [0.29, 0.717) is 5.15 Å². The van der Waals surface area contributed by atoms with E-state index in [1.54, 1.807) is 6.33 Å². The van der Waals surface area contributed by atoms with Crippen LogP contribution in [0.1, 0.15) is 18.4 Å². The van der Waals surface area contributed by atoms with Gasteiger partial charge in [0.25, 0.3) is 0 Å². The summed E-state index contributed by atoms with van der Waals surface area (Å²) in [6, 6.07) is 3.86. The van der Waals surface area contributed by atoms with Crippen LogP contribution in [-0.2, 0) is 6.42 Å². The summed E-state index contributed by atoms with van der Waals surface area (Å²) in [7, 11) is 0. The number of hydrogen-bond donors (Lipinski definition) is 0. The third-order valence-corrected chi connectivity index (χ3v) is 3.95. The fourth-order valence-electron chi connectivity index (χ4n) is 2.55. The maximum Gasteiger partial charge on any atom is 0.134 e. The van der Waals surface area contributed by atoms with Gasteiger partial charge in [-0.25, -0.2) is 19.9 Å². The van der Waals surface area contributed by atoms with E-state index in [0.717, 1.165) is 55.8 Å². The van der Waals surface area contributed by atoms with Crippen molar-refractivity contribution in [1.82, 2.24) is 19.9 Å². The summed E-state index contributed by atoms with van der Waals surface area (Å²) in [6.45, 7) is 7.60. The van der Waals surface area contributed by atoms with E-state index in [9.17, 15) is 0 Å². The Morgan fingerprint density at radius 2 is 1.68 bits per heavy atom. The highest BCUT2D eigenvalue weighted by atomic mass is 35.5. The van der Waals surface area contributed by atoms with Crippen LogP contribution in [0.15, 0.2) is 18.5 Å². The van der Waals surface area contributed by atoms with Crippen LogP contribution >= 0.6 is 11.6 Å². The normalized spacial score (nSPS) is 15.2. The molecule has 2 aromatic heterocycles. The Morgan fingerprint density at radius 1 is 1.00 bits per heavy atom. The molecule has 6 nitrogen and oxygen atoms in total. The van der Waals surface area contributed by atoms with Gasteiger partial charge < -0.3 is 9.80 Å². The van der Waals surface area contributed by atoms with E-state index < -0.39 is 0 Å². The van der Waals surface area contributed by atoms with Gasteiger partial charge in [-0.2, -0.15) is 0 Å². The molecule has 0 bridgehead atoms. The van der Waals surface area contributed by atoms with Crippen molar-refractivity contribution < 1.29 is 0 Å². The standard InChI is InChI=1S/C15H19ClN6/c1-3-13-19-12(16)9-15(20-13)22-6-4-21(5-7-22)14-8-11(2)17-10-18-14/h8-10H,3-7H2,1-2H3. The van der Waals surface area contributed by atoms with E-state index in [1.807, 2.05) is 26.0 Å². The third-order valence-electron chi connectivity index (χ3n) is 3.76. The van der Waals surface area contributed by atoms with Crippen molar-refractivity contribution >= 4 is 23.2 Å². The third kappa shape index (κ3) is 3.27. The molecule has 1 saturated heterocycles. The molecule has 1 aliphatic heterocycles. The molecule has 2 aromatic rings. The number of aryl methyl sites for hydroxylation is 2. The lowest BCUT2D eigenvalue weighted by molar-refractivity contribution is 0.638. The molecular formula is C15H19ClN6. The lowest BCUT2D eigenvalue weighted by Crippen LogP contribution is -2.47. The molecule has 0 spiro atoms. The number of piperazine rings is 1. The Balaban J connectivity index is 1.70. The Kier molecular flexibility index (Phi) is 4.38. The molecule has 0 aliphatic carbocycles. The quantitative estimate of drug-likeness (QED) is 0.808. The zero-order chi connectivity index (χ0) is 15.5. The monoisotopic (exact) mass is 318 g/mol. The van der Waals surface area contributed by atoms with Crippen LogP contribution in [0.25, 0.3) is 0 Å². The van der Waals surface area contributed by atoms with Crippen LogP contribution < -0.4 is 9.80 Å². The number of halogens is 1. The number of nitrogens with zero attached hydrogens (tertiary/aromatic N) is 6. The molecule has 0 atom stereocenters. The lowest BCUT2D eigenvalue weighted by Gasteiger charge is -2.36. The van der Waals surface area contributed by atoms with Crippen LogP contribution in [0.5, 0.6) is 0 Å². The fraction of sp³-hybridized carbons (Fsp3) is 0.467. The van der Waals surface area contributed by atoms with Gasteiger partial charge in [0.05, 0.1) is 0 Å². The first-order valence-electron chi connectivity index (χ1n) is 7.47. The predicted molar refractivity (Wildman–Crippen MR) is 87.6 cm³/mol. The Bertz CT molecular complexity index is 654. The van der Waals surface area contributed by atoms with Crippen LogP contribution in [-0.4, -0.2) is 46.1 Å². The van der Waals surface area contributed by atoms with Crippen molar-refractivity contribution in [3.05, 3.63) is 35.1 Å². The first kappa shape index (κ1) is 15.0. The second-order valence-corrected chi connectivity index (χ2v) is 5.70. The van der Waals surface area contributed by atoms with Gasteiger partial charge in [0.15, 0.2) is 0 Å². The van der Waals surface area contributed by atoms with Crippen molar-refractivity contribution in [3.63, 3.8) is 0 Å². The van der Waals surface area contributed by atoms with Gasteiger partial charge in [-0.3, -0.25) is 0 Å². The van der Waals surface area contributed by atoms with Gasteiger partial charge in [0.2, 0.25) is 0 Å². The summed E-state index contributed by atoms with van der Waals surface area (Å²) in [5, 5.41) is 0.510. The molecule has 0 amide bonds. The largest absolute Gasteiger partial charge is 0.353 e. The van der Waals surface area contributed by atoms with Crippen LogP contribution in [0, 0.1) is 6.92 Å². The molecule has 0 unspecified atom stereocenters. The number of rotatable bonds is 3. The van der Waals surface area contributed by atoms with Crippen molar-refractivity contribution in [3.8, 4) is 0 Å². The minimum atomic E-state index is 0.510. The number of aromatic nitrogens is 4. The summed E-state index contributed by atoms with van der Waals surface area (Å²) in [4.78, 5) is 21.8. The van der Waals surface area contributed by atoms with E-state index >= 15 is 0 Å². The zero-order valence-corrected chi connectivity index (χ0v) is 13.6. The molecule has 0 N–H and O–H groups in total. The smallest absolute Gasteiger partial charge is 0.134 e. The van der Waals surface area contributed by atoms with E-state index in [-0.39, 0.29) is 0 Å². The first-order valence-corrected chi connectivity index (χ1v) is 7.85. The predicted octanol–water partition coefficient (Wildman–Crippen LogP) is 2.12. The fourth-order valence-corrected chi connectivity index (χ4v) is 2.74. The number of anilines is 2. The van der Waals surface area contributed by atoms with E-state index in [2.05, 4.69) is 29.7 Å². The average Bonchev–Trinajstić information content (AvgIpc) is 2.54. The highest BCUT2D eigenvalue weighted by Crippen LogP contribution is 2.20. The molecule has 1 aliphatic rings. The second-order valence-electron chi connectivity index (χ2n) is 5.31. The molecular weight excluding hydrogens is 300 g/mol. The van der Waals surface area contributed by atoms with Gasteiger partial charge in [0, 0.05) is 50.4 Å². The average molecular weight is 319 g/mol. The summed E-state index contributed by atoms with van der Waals surface area (Å²) in [5.74, 6) is 2.69. The van der Waals surface area contributed by atoms with Gasteiger partial charge in [-0.15, -0.1) is 0 Å². The molecule has 7 heteroatoms. The Hall–Kier alpha value is -1.95. The van der Waals surface area contributed by atoms with Gasteiger partial charge in [-0.05, 0) is 6.92 Å². The summed E-state index contributed by atoms with van der Waals surface area (Å²) in [5.41, 5.74) is 0.989. The topological polar surface area (TPSA) is 58.0 Å². The zero-order valence-electron chi connectivity index (χ0n) is 12.8. The molecule has 0 radical (unpaired) electrons. The summed E-state index contributed by atoms with van der Waals surface area (Å²) < 4.78 is 0. The van der Waals surface area contributed by atoms with Gasteiger partial charge >= 0.3 is 0 Å². The molecule has 1 fully saturated rings. The van der Waals surface area contributed by atoms with Crippen LogP contribution in [0.4, 0.5) is 11.6 Å². The maximum absolute atomic E-state index is 6.08. The molecule has 0 saturated carbocycles. The van der Waals surface area contributed by atoms with Gasteiger partial charge in [-0.1, -0.05) is 18.5 Å². The number of hydrogen-bond acceptors (Lipinski definition) is 6. The molecule has 22 heavy (non-hydrogen) atoms. The van der Waals surface area contributed by atoms with E-state index in [1.165, 1.54) is 0 Å². The summed E-state index contributed by atoms with van der Waals surface area (Å²) in [6.07, 6.45) is 2.41. The van der Waals surface area contributed by atoms with Crippen LogP contribution in [0.2, 0.25) is 5.15 Å². The maximum atomic E-state index is 6.08. The van der Waals surface area contributed by atoms with Crippen molar-refractivity contribution in [2.75, 3.05) is 36.0 Å². The second kappa shape index (κ2) is 6.44. The molecule has 3 rings (SSSR count). The highest BCUT2D eigenvalue weighted by Gasteiger charge is 2.20. The summed E-state index contributed by atoms with van der Waals surface area (Å²) >= 11 is 6.08. The van der Waals surface area contributed by atoms with Crippen LogP contribution in [0.3, 0.4) is 0 Å². The minimum absolute atomic E-state index is 0.510. The Morgan fingerprint density at radius 3 is 2.32 bits per heavy atom. The SMILES string of the molecule is CCc1nc(Cl)cc(N2CCN(c3cc(C)ncn3)CC2)n1. The van der Waals surface area contributed by atoms with Gasteiger partial charge in [0.1, 0.15) is 28.9 Å². The molecule has 116 valence electrons. The molecule has 0 aromatic carbocycles. The van der Waals surface area contributed by atoms with Crippen molar-refractivity contribution in [2.24, 2.45) is 0 Å². The highest BCUT2D eigenvalue weighted by molar-refractivity contribution is 6.29. The lowest BCUT2D eigenvalue weighted by atomic mass is 10.3.